The Hall–Kier alpha value is -5.74. The lowest BCUT2D eigenvalue weighted by atomic mass is 10.0. The van der Waals surface area contributed by atoms with E-state index < -0.39 is 50.4 Å². The van der Waals surface area contributed by atoms with Crippen LogP contribution < -0.4 is 27.0 Å². The van der Waals surface area contributed by atoms with Crippen LogP contribution in [0.5, 0.6) is 11.5 Å². The predicted octanol–water partition coefficient (Wildman–Crippen LogP) is 4.51. The molecule has 13 nitrogen and oxygen atoms in total. The molecule has 0 atom stereocenters. The summed E-state index contributed by atoms with van der Waals surface area (Å²) in [5.74, 6) is -2.13. The van der Waals surface area contributed by atoms with Gasteiger partial charge in [-0.15, -0.1) is 0 Å². The van der Waals surface area contributed by atoms with Gasteiger partial charge >= 0.3 is 5.69 Å². The third-order valence-corrected chi connectivity index (χ3v) is 9.33. The predicted molar refractivity (Wildman–Crippen MR) is 178 cm³/mol. The fourth-order valence-corrected chi connectivity index (χ4v) is 6.08. The number of halogens is 2. The van der Waals surface area contributed by atoms with E-state index in [2.05, 4.69) is 15.3 Å². The zero-order chi connectivity index (χ0) is 35.8. The summed E-state index contributed by atoms with van der Waals surface area (Å²) in [4.78, 5) is 48.3. The van der Waals surface area contributed by atoms with E-state index in [1.165, 1.54) is 62.9 Å². The highest BCUT2D eigenvalue weighted by atomic mass is 32.2. The van der Waals surface area contributed by atoms with Crippen LogP contribution in [0, 0.1) is 18.6 Å². The van der Waals surface area contributed by atoms with Crippen LogP contribution in [0.4, 0.5) is 20.4 Å². The first-order valence-electron chi connectivity index (χ1n) is 14.7. The molecule has 0 aliphatic carbocycles. The Labute approximate surface area is 279 Å². The first-order valence-corrected chi connectivity index (χ1v) is 16.1. The molecule has 5 rings (SSSR count). The highest BCUT2D eigenvalue weighted by Crippen LogP contribution is 2.32. The lowest BCUT2D eigenvalue weighted by Crippen LogP contribution is -2.44. The molecule has 49 heavy (non-hydrogen) atoms. The van der Waals surface area contributed by atoms with Gasteiger partial charge in [-0.3, -0.25) is 14.2 Å². The van der Waals surface area contributed by atoms with Crippen molar-refractivity contribution < 1.29 is 26.7 Å². The number of amides is 1. The number of hydrogen-bond acceptors (Lipinski definition) is 9. The largest absolute Gasteiger partial charge is 0.454 e. The molecule has 16 heteroatoms. The van der Waals surface area contributed by atoms with E-state index >= 15 is 4.39 Å². The van der Waals surface area contributed by atoms with Crippen LogP contribution in [0.3, 0.4) is 0 Å². The maximum Gasteiger partial charge on any atom is 0.336 e. The lowest BCUT2D eigenvalue weighted by molar-refractivity contribution is 0.0998. The summed E-state index contributed by atoms with van der Waals surface area (Å²) in [5.41, 5.74) is 3.47. The molecule has 0 saturated carbocycles. The average molecular weight is 692 g/mol. The summed E-state index contributed by atoms with van der Waals surface area (Å²) in [6.07, 6.45) is 2.63. The molecule has 254 valence electrons. The number of aryl methyl sites for hydroxylation is 1. The molecule has 0 unspecified atom stereocenters. The fraction of sp³-hybridized carbons (Fsp3) is 0.182. The summed E-state index contributed by atoms with van der Waals surface area (Å²) in [7, 11) is -0.849. The Kier molecular flexibility index (Phi) is 9.46. The van der Waals surface area contributed by atoms with Crippen molar-refractivity contribution in [2.24, 2.45) is 5.73 Å². The second-order valence-corrected chi connectivity index (χ2v) is 13.4. The van der Waals surface area contributed by atoms with Gasteiger partial charge in [0.2, 0.25) is 10.0 Å². The Morgan fingerprint density at radius 1 is 0.980 bits per heavy atom. The van der Waals surface area contributed by atoms with E-state index in [0.717, 1.165) is 27.1 Å². The normalized spacial score (nSPS) is 11.6. The van der Waals surface area contributed by atoms with E-state index in [1.54, 1.807) is 26.8 Å². The molecule has 3 N–H and O–H groups in total. The molecule has 5 aromatic rings. The summed E-state index contributed by atoms with van der Waals surface area (Å²) in [6, 6.07) is 12.0. The molecule has 3 heterocycles. The van der Waals surface area contributed by atoms with Crippen LogP contribution in [0.15, 0.2) is 87.5 Å². The Morgan fingerprint density at radius 2 is 1.65 bits per heavy atom. The van der Waals surface area contributed by atoms with E-state index in [0.29, 0.717) is 15.9 Å². The molecule has 0 aliphatic heterocycles. The van der Waals surface area contributed by atoms with Crippen molar-refractivity contribution in [1.29, 1.82) is 0 Å². The molecule has 2 aromatic carbocycles. The fourth-order valence-electron chi connectivity index (χ4n) is 5.04. The van der Waals surface area contributed by atoms with Crippen molar-refractivity contribution in [3.05, 3.63) is 117 Å². The molecule has 0 aliphatic rings. The van der Waals surface area contributed by atoms with Crippen molar-refractivity contribution >= 4 is 27.6 Å². The third kappa shape index (κ3) is 6.81. The van der Waals surface area contributed by atoms with Crippen LogP contribution in [0.1, 0.15) is 35.8 Å². The molecule has 3 aromatic heterocycles. The first kappa shape index (κ1) is 34.6. The molecule has 1 amide bonds. The number of nitrogens with two attached hydrogens (primary N) is 1. The number of sulfonamides is 1. The van der Waals surface area contributed by atoms with Gasteiger partial charge in [-0.05, 0) is 80.9 Å². The number of aromatic nitrogens is 4. The quantitative estimate of drug-likeness (QED) is 0.214. The second kappa shape index (κ2) is 13.4. The van der Waals surface area contributed by atoms with Gasteiger partial charge < -0.3 is 15.8 Å². The van der Waals surface area contributed by atoms with Crippen molar-refractivity contribution in [3.8, 4) is 28.4 Å². The number of primary amides is 1. The van der Waals surface area contributed by atoms with E-state index in [-0.39, 0.29) is 39.2 Å². The number of benzene rings is 2. The molecule has 0 spiro atoms. The van der Waals surface area contributed by atoms with Gasteiger partial charge in [0, 0.05) is 44.2 Å². The van der Waals surface area contributed by atoms with Crippen LogP contribution >= 0.6 is 0 Å². The van der Waals surface area contributed by atoms with E-state index in [1.807, 2.05) is 0 Å². The van der Waals surface area contributed by atoms with Crippen molar-refractivity contribution in [3.63, 3.8) is 0 Å². The molecule has 0 radical (unpaired) electrons. The average Bonchev–Trinajstić information content (AvgIpc) is 3.02. The lowest BCUT2D eigenvalue weighted by Gasteiger charge is -2.21. The van der Waals surface area contributed by atoms with Gasteiger partial charge in [-0.25, -0.2) is 40.8 Å². The Bertz CT molecular complexity index is 2320. The zero-order valence-corrected chi connectivity index (χ0v) is 27.7. The van der Waals surface area contributed by atoms with Gasteiger partial charge in [-0.1, -0.05) is 0 Å². The van der Waals surface area contributed by atoms with Crippen LogP contribution in [0.2, 0.25) is 0 Å². The maximum atomic E-state index is 15.6. The number of carbonyl (C=O) groups is 1. The summed E-state index contributed by atoms with van der Waals surface area (Å²) >= 11 is 0. The van der Waals surface area contributed by atoms with Gasteiger partial charge in [0.25, 0.3) is 11.5 Å². The first-order chi connectivity index (χ1) is 23.1. The summed E-state index contributed by atoms with van der Waals surface area (Å²) < 4.78 is 62.9. The number of ether oxygens (including phenoxy) is 1. The van der Waals surface area contributed by atoms with Gasteiger partial charge in [0.15, 0.2) is 11.6 Å². The van der Waals surface area contributed by atoms with Gasteiger partial charge in [0.05, 0.1) is 11.4 Å². The minimum Gasteiger partial charge on any atom is -0.454 e. The number of pyridine rings is 2. The van der Waals surface area contributed by atoms with Crippen molar-refractivity contribution in [2.75, 3.05) is 19.4 Å². The number of anilines is 2. The van der Waals surface area contributed by atoms with Crippen LogP contribution in [-0.4, -0.2) is 51.8 Å². The second-order valence-electron chi connectivity index (χ2n) is 11.3. The summed E-state index contributed by atoms with van der Waals surface area (Å²) in [6.45, 7) is 4.90. The summed E-state index contributed by atoms with van der Waals surface area (Å²) in [5, 5.41) is 2.96. The highest BCUT2D eigenvalue weighted by molar-refractivity contribution is 7.89. The van der Waals surface area contributed by atoms with Gasteiger partial charge in [0.1, 0.15) is 33.7 Å². The molecular formula is C33H31F2N7O6S. The van der Waals surface area contributed by atoms with Crippen LogP contribution in [0.25, 0.3) is 16.9 Å². The monoisotopic (exact) mass is 691 g/mol. The number of carbonyl (C=O) groups excluding carboxylic acids is 1. The standard InChI is InChI=1S/C33H31F2N7O6S/c1-18(2)41-30(29(31(36)43)32(44)42(33(41)45)22-9-7-21(34)8-10-22)20-6-11-25(24(35)15-20)48-23-12-13-37-28(16-23)39-27-14-19(3)26(17-38-27)49(46,47)40(4)5/h6-18H,1-5H3,(H2,36,43)(H,37,38,39). The highest BCUT2D eigenvalue weighted by Gasteiger charge is 2.27. The van der Waals surface area contributed by atoms with Gasteiger partial charge in [-0.2, -0.15) is 0 Å². The smallest absolute Gasteiger partial charge is 0.336 e. The molecule has 0 fully saturated rings. The SMILES string of the molecule is Cc1cc(Nc2cc(Oc3ccc(-c4c(C(N)=O)c(=O)n(-c5ccc(F)cc5)c(=O)n4C(C)C)cc3F)ccn2)ncc1S(=O)(=O)N(C)C. The third-order valence-electron chi connectivity index (χ3n) is 7.38. The van der Waals surface area contributed by atoms with Crippen LogP contribution in [-0.2, 0) is 10.0 Å². The molecular weight excluding hydrogens is 660 g/mol. The Balaban J connectivity index is 1.48. The molecule has 0 bridgehead atoms. The van der Waals surface area contributed by atoms with E-state index in [4.69, 9.17) is 10.5 Å². The zero-order valence-electron chi connectivity index (χ0n) is 26.9. The maximum absolute atomic E-state index is 15.6. The minimum absolute atomic E-state index is 0.00561. The van der Waals surface area contributed by atoms with Crippen molar-refractivity contribution in [2.45, 2.75) is 31.7 Å². The number of nitrogens with one attached hydrogen (secondary N) is 1. The minimum atomic E-state index is -3.69. The topological polar surface area (TPSA) is 172 Å². The molecule has 0 saturated heterocycles. The number of nitrogens with zero attached hydrogens (tertiary/aromatic N) is 5. The Morgan fingerprint density at radius 3 is 2.24 bits per heavy atom. The van der Waals surface area contributed by atoms with E-state index in [9.17, 15) is 27.2 Å². The number of rotatable bonds is 10. The van der Waals surface area contributed by atoms with Crippen molar-refractivity contribution in [1.82, 2.24) is 23.4 Å². The number of hydrogen-bond donors (Lipinski definition) is 2.